The highest BCUT2D eigenvalue weighted by Crippen LogP contribution is 2.33. The Hall–Kier alpha value is -3.21. The van der Waals surface area contributed by atoms with Crippen molar-refractivity contribution in [1.29, 1.82) is 0 Å². The minimum Gasteiger partial charge on any atom is -0.507 e. The Morgan fingerprint density at radius 2 is 1.57 bits per heavy atom. The van der Waals surface area contributed by atoms with Gasteiger partial charge in [0.25, 0.3) is 0 Å². The highest BCUT2D eigenvalue weighted by atomic mass is 16.4. The summed E-state index contributed by atoms with van der Waals surface area (Å²) in [5.41, 5.74) is 4.09. The van der Waals surface area contributed by atoms with Crippen LogP contribution in [0.15, 0.2) is 66.3 Å². The molecule has 5 heteroatoms. The van der Waals surface area contributed by atoms with Gasteiger partial charge in [-0.2, -0.15) is 0 Å². The van der Waals surface area contributed by atoms with Crippen LogP contribution >= 0.6 is 0 Å². The third-order valence-electron chi connectivity index (χ3n) is 3.54. The monoisotopic (exact) mass is 305 g/mol. The zero-order chi connectivity index (χ0) is 16.1. The molecule has 0 radical (unpaired) electrons. The Labute approximate surface area is 133 Å². The molecule has 0 unspecified atom stereocenters. The van der Waals surface area contributed by atoms with Gasteiger partial charge in [-0.25, -0.2) is 0 Å². The number of oxime groups is 1. The van der Waals surface area contributed by atoms with E-state index in [1.165, 1.54) is 6.21 Å². The molecule has 2 aromatic heterocycles. The number of pyridine rings is 2. The SMILES string of the molecule is O/N=C/c1cc(Cc2ccncc2)cc(-c2ccncc2)c1O. The Balaban J connectivity index is 2.08. The predicted octanol–water partition coefficient (Wildman–Crippen LogP) is 3.25. The molecule has 0 aliphatic heterocycles. The molecule has 23 heavy (non-hydrogen) atoms. The van der Waals surface area contributed by atoms with E-state index in [0.717, 1.165) is 16.7 Å². The average molecular weight is 305 g/mol. The number of phenols is 1. The van der Waals surface area contributed by atoms with E-state index in [0.29, 0.717) is 17.5 Å². The summed E-state index contributed by atoms with van der Waals surface area (Å²) in [5.74, 6) is 0.0764. The second-order valence-corrected chi connectivity index (χ2v) is 5.09. The third kappa shape index (κ3) is 3.35. The molecule has 2 N–H and O–H groups in total. The molecular formula is C18H15N3O2. The van der Waals surface area contributed by atoms with Crippen molar-refractivity contribution in [2.45, 2.75) is 6.42 Å². The van der Waals surface area contributed by atoms with E-state index < -0.39 is 0 Å². The highest BCUT2D eigenvalue weighted by molar-refractivity contribution is 5.88. The van der Waals surface area contributed by atoms with Crippen molar-refractivity contribution in [3.05, 3.63) is 77.9 Å². The lowest BCUT2D eigenvalue weighted by atomic mass is 9.96. The summed E-state index contributed by atoms with van der Waals surface area (Å²) >= 11 is 0. The zero-order valence-electron chi connectivity index (χ0n) is 12.3. The lowest BCUT2D eigenvalue weighted by molar-refractivity contribution is 0.321. The van der Waals surface area contributed by atoms with E-state index in [-0.39, 0.29) is 5.75 Å². The van der Waals surface area contributed by atoms with Gasteiger partial charge >= 0.3 is 0 Å². The van der Waals surface area contributed by atoms with Gasteiger partial charge in [0, 0.05) is 35.9 Å². The van der Waals surface area contributed by atoms with E-state index in [1.54, 1.807) is 30.9 Å². The molecule has 0 aliphatic carbocycles. The number of hydrogen-bond acceptors (Lipinski definition) is 5. The van der Waals surface area contributed by atoms with Crippen molar-refractivity contribution in [1.82, 2.24) is 9.97 Å². The summed E-state index contributed by atoms with van der Waals surface area (Å²) < 4.78 is 0. The van der Waals surface area contributed by atoms with Crippen molar-refractivity contribution in [3.63, 3.8) is 0 Å². The first-order valence-corrected chi connectivity index (χ1v) is 7.10. The molecule has 114 valence electrons. The Morgan fingerprint density at radius 3 is 2.22 bits per heavy atom. The molecule has 0 aliphatic rings. The fourth-order valence-corrected chi connectivity index (χ4v) is 2.47. The Kier molecular flexibility index (Phi) is 4.29. The summed E-state index contributed by atoms with van der Waals surface area (Å²) in [6, 6.07) is 11.3. The van der Waals surface area contributed by atoms with Gasteiger partial charge in [-0.1, -0.05) is 5.16 Å². The fraction of sp³-hybridized carbons (Fsp3) is 0.0556. The lowest BCUT2D eigenvalue weighted by Crippen LogP contribution is -1.94. The molecule has 0 bridgehead atoms. The van der Waals surface area contributed by atoms with Crippen LogP contribution in [0.25, 0.3) is 11.1 Å². The fourth-order valence-electron chi connectivity index (χ4n) is 2.47. The van der Waals surface area contributed by atoms with Crippen LogP contribution in [0, 0.1) is 0 Å². The molecule has 0 saturated carbocycles. The smallest absolute Gasteiger partial charge is 0.132 e. The topological polar surface area (TPSA) is 78.6 Å². The van der Waals surface area contributed by atoms with Crippen molar-refractivity contribution >= 4 is 6.21 Å². The molecule has 3 aromatic rings. The van der Waals surface area contributed by atoms with Crippen LogP contribution in [0.2, 0.25) is 0 Å². The van der Waals surface area contributed by atoms with Crippen LogP contribution in [-0.4, -0.2) is 26.5 Å². The van der Waals surface area contributed by atoms with Gasteiger partial charge in [-0.3, -0.25) is 9.97 Å². The van der Waals surface area contributed by atoms with E-state index >= 15 is 0 Å². The number of phenolic OH excluding ortho intramolecular Hbond substituents is 1. The van der Waals surface area contributed by atoms with E-state index in [1.807, 2.05) is 30.3 Å². The first-order valence-electron chi connectivity index (χ1n) is 7.10. The minimum atomic E-state index is 0.0764. The number of nitrogens with zero attached hydrogens (tertiary/aromatic N) is 3. The number of benzene rings is 1. The third-order valence-corrected chi connectivity index (χ3v) is 3.54. The minimum absolute atomic E-state index is 0.0764. The van der Waals surface area contributed by atoms with Crippen LogP contribution in [0.3, 0.4) is 0 Å². The van der Waals surface area contributed by atoms with Crippen molar-refractivity contribution < 1.29 is 10.3 Å². The van der Waals surface area contributed by atoms with Gasteiger partial charge in [-0.05, 0) is 59.5 Å². The summed E-state index contributed by atoms with van der Waals surface area (Å²) in [5, 5.41) is 22.3. The second kappa shape index (κ2) is 6.70. The molecular weight excluding hydrogens is 290 g/mol. The molecule has 0 atom stereocenters. The van der Waals surface area contributed by atoms with Gasteiger partial charge < -0.3 is 10.3 Å². The maximum atomic E-state index is 10.4. The molecule has 0 fully saturated rings. The van der Waals surface area contributed by atoms with Gasteiger partial charge in [0.05, 0.1) is 6.21 Å². The maximum Gasteiger partial charge on any atom is 0.132 e. The molecule has 2 heterocycles. The van der Waals surface area contributed by atoms with Crippen molar-refractivity contribution in [2.75, 3.05) is 0 Å². The number of hydrogen-bond donors (Lipinski definition) is 2. The average Bonchev–Trinajstić information content (AvgIpc) is 2.59. The standard InChI is InChI=1S/C18H15N3O2/c22-18-16(12-21-23)10-14(9-13-1-5-19-6-2-13)11-17(18)15-3-7-20-8-4-15/h1-8,10-12,22-23H,9H2/b21-12+. The maximum absolute atomic E-state index is 10.4. The molecule has 0 saturated heterocycles. The quantitative estimate of drug-likeness (QED) is 0.440. The molecule has 1 aromatic carbocycles. The summed E-state index contributed by atoms with van der Waals surface area (Å²) in [4.78, 5) is 8.01. The lowest BCUT2D eigenvalue weighted by Gasteiger charge is -2.11. The molecule has 0 spiro atoms. The van der Waals surface area contributed by atoms with Crippen LogP contribution in [0.5, 0.6) is 5.75 Å². The van der Waals surface area contributed by atoms with Crippen molar-refractivity contribution in [3.8, 4) is 16.9 Å². The molecule has 5 nitrogen and oxygen atoms in total. The normalized spacial score (nSPS) is 11.0. The second-order valence-electron chi connectivity index (χ2n) is 5.09. The molecule has 0 amide bonds. The number of aromatic hydroxyl groups is 1. The van der Waals surface area contributed by atoms with E-state index in [2.05, 4.69) is 15.1 Å². The van der Waals surface area contributed by atoms with Gasteiger partial charge in [-0.15, -0.1) is 0 Å². The van der Waals surface area contributed by atoms with Gasteiger partial charge in [0.1, 0.15) is 5.75 Å². The largest absolute Gasteiger partial charge is 0.507 e. The summed E-state index contributed by atoms with van der Waals surface area (Å²) in [6.45, 7) is 0. The molecule has 3 rings (SSSR count). The number of rotatable bonds is 4. The Morgan fingerprint density at radius 1 is 0.913 bits per heavy atom. The Bertz CT molecular complexity index is 818. The summed E-state index contributed by atoms with van der Waals surface area (Å²) in [7, 11) is 0. The summed E-state index contributed by atoms with van der Waals surface area (Å²) in [6.07, 6.45) is 8.75. The first kappa shape index (κ1) is 14.7. The van der Waals surface area contributed by atoms with Crippen LogP contribution in [-0.2, 0) is 6.42 Å². The zero-order valence-corrected chi connectivity index (χ0v) is 12.3. The van der Waals surface area contributed by atoms with E-state index in [4.69, 9.17) is 5.21 Å². The van der Waals surface area contributed by atoms with Crippen LogP contribution in [0.4, 0.5) is 0 Å². The first-order chi connectivity index (χ1) is 11.3. The van der Waals surface area contributed by atoms with Crippen LogP contribution < -0.4 is 0 Å². The van der Waals surface area contributed by atoms with Crippen molar-refractivity contribution in [2.24, 2.45) is 5.16 Å². The van der Waals surface area contributed by atoms with Gasteiger partial charge in [0.15, 0.2) is 0 Å². The van der Waals surface area contributed by atoms with Gasteiger partial charge in [0.2, 0.25) is 0 Å². The van der Waals surface area contributed by atoms with E-state index in [9.17, 15) is 5.11 Å². The number of aromatic nitrogens is 2. The predicted molar refractivity (Wildman–Crippen MR) is 87.8 cm³/mol. The highest BCUT2D eigenvalue weighted by Gasteiger charge is 2.11. The van der Waals surface area contributed by atoms with Crippen LogP contribution in [0.1, 0.15) is 16.7 Å².